The Labute approximate surface area is 323 Å². The fourth-order valence-corrected chi connectivity index (χ4v) is 9.71. The number of ether oxygens (including phenoxy) is 1. The highest BCUT2D eigenvalue weighted by molar-refractivity contribution is 7.91. The molecule has 4 aliphatic rings. The van der Waals surface area contributed by atoms with Crippen LogP contribution < -0.4 is 20.9 Å². The maximum absolute atomic E-state index is 14.5. The van der Waals surface area contributed by atoms with E-state index >= 15 is 0 Å². The topological polar surface area (TPSA) is 186 Å². The first-order valence-corrected chi connectivity index (χ1v) is 21.3. The third-order valence-electron chi connectivity index (χ3n) is 11.1. The van der Waals surface area contributed by atoms with Crippen LogP contribution >= 0.6 is 11.3 Å². The molecule has 3 saturated carbocycles. The van der Waals surface area contributed by atoms with Crippen LogP contribution in [0.5, 0.6) is 0 Å². The Morgan fingerprint density at radius 2 is 1.78 bits per heavy atom. The lowest BCUT2D eigenvalue weighted by Crippen LogP contribution is -2.59. The molecular weight excluding hydrogens is 745 g/mol. The van der Waals surface area contributed by atoms with Crippen LogP contribution in [-0.4, -0.2) is 82.4 Å². The number of aromatic nitrogens is 2. The van der Waals surface area contributed by atoms with E-state index in [1.54, 1.807) is 13.8 Å². The van der Waals surface area contributed by atoms with E-state index in [4.69, 9.17) is 9.84 Å². The Hall–Kier alpha value is -4.83. The van der Waals surface area contributed by atoms with Gasteiger partial charge in [0, 0.05) is 36.1 Å². The molecular formula is C39H46N6O8S2. The molecule has 16 heteroatoms. The molecule has 55 heavy (non-hydrogen) atoms. The number of thiophene rings is 1. The van der Waals surface area contributed by atoms with Crippen LogP contribution in [0.2, 0.25) is 0 Å². The number of hydrogen-bond donors (Lipinski definition) is 3. The van der Waals surface area contributed by atoms with Crippen molar-refractivity contribution in [2.45, 2.75) is 100 Å². The number of carbonyl (C=O) groups excluding carboxylic acids is 4. The lowest BCUT2D eigenvalue weighted by Gasteiger charge is -2.31. The van der Waals surface area contributed by atoms with Crippen LogP contribution in [0.4, 0.5) is 4.79 Å². The highest BCUT2D eigenvalue weighted by Gasteiger charge is 2.62. The number of sulfonamides is 1. The second kappa shape index (κ2) is 15.4. The smallest absolute Gasteiger partial charge is 0.408 e. The van der Waals surface area contributed by atoms with E-state index in [0.29, 0.717) is 24.1 Å². The predicted octanol–water partition coefficient (Wildman–Crippen LogP) is 4.14. The van der Waals surface area contributed by atoms with Gasteiger partial charge in [-0.25, -0.2) is 17.9 Å². The van der Waals surface area contributed by atoms with Crippen molar-refractivity contribution in [1.82, 2.24) is 30.0 Å². The third-order valence-corrected chi connectivity index (χ3v) is 13.6. The van der Waals surface area contributed by atoms with Crippen molar-refractivity contribution >= 4 is 45.2 Å². The quantitative estimate of drug-likeness (QED) is 0.214. The first-order chi connectivity index (χ1) is 26.3. The summed E-state index contributed by atoms with van der Waals surface area (Å²) in [6.45, 7) is 7.19. The largest absolute Gasteiger partial charge is 0.446 e. The van der Waals surface area contributed by atoms with Gasteiger partial charge in [0.1, 0.15) is 23.7 Å². The Morgan fingerprint density at radius 1 is 1.05 bits per heavy atom. The monoisotopic (exact) mass is 790 g/mol. The van der Waals surface area contributed by atoms with Crippen LogP contribution in [0.25, 0.3) is 22.4 Å². The molecule has 0 radical (unpaired) electrons. The molecule has 3 N–H and O–H groups in total. The Bertz CT molecular complexity index is 2130. The molecule has 3 aromatic rings. The molecule has 1 aliphatic heterocycles. The first-order valence-electron chi connectivity index (χ1n) is 18.8. The number of rotatable bonds is 13. The minimum Gasteiger partial charge on any atom is -0.446 e. The summed E-state index contributed by atoms with van der Waals surface area (Å²) in [6, 6.07) is 9.71. The highest BCUT2D eigenvalue weighted by Crippen LogP contribution is 2.46. The molecule has 292 valence electrons. The second-order valence-electron chi connectivity index (χ2n) is 15.3. The van der Waals surface area contributed by atoms with Crippen LogP contribution in [-0.2, 0) is 29.1 Å². The average Bonchev–Trinajstić information content (AvgIpc) is 3.90. The molecule has 0 bridgehead atoms. The molecule has 0 unspecified atom stereocenters. The van der Waals surface area contributed by atoms with Gasteiger partial charge in [-0.15, -0.1) is 6.58 Å². The SMILES string of the molecule is C=C[C@@H]1C[C@]1(NC(=O)[C@@H]1C[C@@H](n2nc(-c3ccccc3)c(-c3ccsc3)cc2=O)CN1C(=O)[C@@H](NC(=O)OC1CCCC1)C(C)C)C(=O)NS(=O)(=O)C1CC1. The van der Waals surface area contributed by atoms with E-state index in [0.717, 1.165) is 36.8 Å². The lowest BCUT2D eigenvalue weighted by molar-refractivity contribution is -0.141. The summed E-state index contributed by atoms with van der Waals surface area (Å²) in [5, 5.41) is 13.6. The second-order valence-corrected chi connectivity index (χ2v) is 18.1. The molecule has 1 saturated heterocycles. The minimum atomic E-state index is -3.93. The van der Waals surface area contributed by atoms with E-state index in [1.165, 1.54) is 33.1 Å². The number of amides is 4. The summed E-state index contributed by atoms with van der Waals surface area (Å²) in [7, 11) is -3.93. The number of nitrogens with zero attached hydrogens (tertiary/aromatic N) is 3. The molecule has 3 aliphatic carbocycles. The highest BCUT2D eigenvalue weighted by atomic mass is 32.2. The van der Waals surface area contributed by atoms with Gasteiger partial charge in [-0.05, 0) is 73.3 Å². The summed E-state index contributed by atoms with van der Waals surface area (Å²) >= 11 is 1.49. The zero-order valence-electron chi connectivity index (χ0n) is 30.8. The van der Waals surface area contributed by atoms with Gasteiger partial charge < -0.3 is 20.3 Å². The van der Waals surface area contributed by atoms with Crippen LogP contribution in [0, 0.1) is 11.8 Å². The van der Waals surface area contributed by atoms with E-state index in [2.05, 4.69) is 21.9 Å². The van der Waals surface area contributed by atoms with E-state index in [1.807, 2.05) is 47.2 Å². The molecule has 7 rings (SSSR count). The van der Waals surface area contributed by atoms with Crippen molar-refractivity contribution in [3.8, 4) is 22.4 Å². The van der Waals surface area contributed by atoms with E-state index in [-0.39, 0.29) is 25.5 Å². The van der Waals surface area contributed by atoms with Crippen LogP contribution in [0.3, 0.4) is 0 Å². The number of carbonyl (C=O) groups is 4. The number of alkyl carbamates (subject to hydrolysis) is 1. The van der Waals surface area contributed by atoms with Gasteiger partial charge in [-0.3, -0.25) is 23.9 Å². The molecule has 4 amide bonds. The van der Waals surface area contributed by atoms with Gasteiger partial charge >= 0.3 is 6.09 Å². The zero-order valence-corrected chi connectivity index (χ0v) is 32.4. The van der Waals surface area contributed by atoms with Crippen molar-refractivity contribution in [2.24, 2.45) is 11.8 Å². The predicted molar refractivity (Wildman–Crippen MR) is 206 cm³/mol. The van der Waals surface area contributed by atoms with Crippen molar-refractivity contribution in [3.05, 3.63) is 76.2 Å². The maximum Gasteiger partial charge on any atom is 0.408 e. The number of hydrogen-bond acceptors (Lipinski definition) is 10. The molecule has 0 spiro atoms. The molecule has 14 nitrogen and oxygen atoms in total. The van der Waals surface area contributed by atoms with Gasteiger partial charge in [0.2, 0.25) is 21.8 Å². The summed E-state index contributed by atoms with van der Waals surface area (Å²) < 4.78 is 34.6. The normalized spacial score (nSPS) is 24.3. The molecule has 3 heterocycles. The van der Waals surface area contributed by atoms with Gasteiger partial charge in [0.25, 0.3) is 11.5 Å². The van der Waals surface area contributed by atoms with Gasteiger partial charge in [0.15, 0.2) is 0 Å². The Balaban J connectivity index is 1.22. The minimum absolute atomic E-state index is 0.0509. The van der Waals surface area contributed by atoms with Crippen LogP contribution in [0.1, 0.15) is 71.3 Å². The fourth-order valence-electron chi connectivity index (χ4n) is 7.69. The summed E-state index contributed by atoms with van der Waals surface area (Å²) in [5.41, 5.74) is 0.738. The Kier molecular flexibility index (Phi) is 10.7. The van der Waals surface area contributed by atoms with Crippen molar-refractivity contribution in [1.29, 1.82) is 0 Å². The first kappa shape index (κ1) is 38.4. The van der Waals surface area contributed by atoms with E-state index < -0.39 is 80.1 Å². The van der Waals surface area contributed by atoms with Crippen molar-refractivity contribution in [2.75, 3.05) is 6.54 Å². The third kappa shape index (κ3) is 7.97. The lowest BCUT2D eigenvalue weighted by atomic mass is 10.0. The Morgan fingerprint density at radius 3 is 2.40 bits per heavy atom. The van der Waals surface area contributed by atoms with Crippen molar-refractivity contribution < 1.29 is 32.3 Å². The molecule has 1 aromatic carbocycles. The summed E-state index contributed by atoms with van der Waals surface area (Å²) in [5.74, 6) is -3.11. The number of likely N-dealkylation sites (tertiary alicyclic amines) is 1. The number of benzene rings is 1. The molecule has 4 fully saturated rings. The summed E-state index contributed by atoms with van der Waals surface area (Å²) in [4.78, 5) is 70.8. The van der Waals surface area contributed by atoms with Crippen LogP contribution in [0.15, 0.2) is 70.7 Å². The van der Waals surface area contributed by atoms with Crippen molar-refractivity contribution in [3.63, 3.8) is 0 Å². The van der Waals surface area contributed by atoms with Gasteiger partial charge in [0.05, 0.1) is 17.0 Å². The standard InChI is InChI=1S/C39H46N6O8S2/c1-4-26-20-39(26,37(49)43-55(51,52)29-14-15-29)41-35(47)31-18-27(21-44(31)36(48)33(23(2)3)40-38(50)53-28-12-8-9-13-28)45-32(46)19-30(25-16-17-54-22-25)34(42-45)24-10-6-5-7-11-24/h4-7,10-11,16-17,19,22-23,26-29,31,33H,1,8-9,12-15,18,20-21H2,2-3H3,(H,40,50)(H,41,47)(H,43,49)/t26-,27-,31+,33+,39-/m1/s1. The fraction of sp³-hybridized carbons (Fsp3) is 0.487. The van der Waals surface area contributed by atoms with Gasteiger partial charge in [-0.2, -0.15) is 16.4 Å². The summed E-state index contributed by atoms with van der Waals surface area (Å²) in [6.07, 6.45) is 4.85. The molecule has 5 atom stereocenters. The van der Waals surface area contributed by atoms with Gasteiger partial charge in [-0.1, -0.05) is 50.3 Å². The number of nitrogens with one attached hydrogen (secondary N) is 3. The average molecular weight is 791 g/mol. The zero-order chi connectivity index (χ0) is 39.1. The van der Waals surface area contributed by atoms with E-state index in [9.17, 15) is 32.4 Å². The maximum atomic E-state index is 14.5. The molecule has 2 aromatic heterocycles.